The van der Waals surface area contributed by atoms with Crippen molar-refractivity contribution in [3.05, 3.63) is 53.5 Å². The summed E-state index contributed by atoms with van der Waals surface area (Å²) in [5.74, 6) is 0.543. The van der Waals surface area contributed by atoms with Gasteiger partial charge in [-0.05, 0) is 19.1 Å². The highest BCUT2D eigenvalue weighted by atomic mass is 16.5. The second kappa shape index (κ2) is 7.95. The van der Waals surface area contributed by atoms with E-state index < -0.39 is 5.97 Å². The van der Waals surface area contributed by atoms with Crippen LogP contribution in [0.5, 0.6) is 5.88 Å². The Morgan fingerprint density at radius 3 is 2.46 bits per heavy atom. The molecule has 2 aromatic rings. The topological polar surface area (TPSA) is 81.6 Å². The Labute approximate surface area is 152 Å². The predicted molar refractivity (Wildman–Crippen MR) is 94.1 cm³/mol. The molecule has 0 saturated carbocycles. The molecule has 1 fully saturated rings. The molecule has 1 aromatic carbocycles. The number of hydrogen-bond acceptors (Lipinski definition) is 6. The number of esters is 1. The van der Waals surface area contributed by atoms with Gasteiger partial charge in [-0.3, -0.25) is 4.79 Å². The van der Waals surface area contributed by atoms with E-state index in [1.165, 1.54) is 7.11 Å². The molecule has 0 aliphatic carbocycles. The number of ether oxygens (including phenoxy) is 2. The first-order chi connectivity index (χ1) is 12.6. The summed E-state index contributed by atoms with van der Waals surface area (Å²) in [5, 5.41) is 0. The van der Waals surface area contributed by atoms with Crippen LogP contribution in [0, 0.1) is 6.92 Å². The summed E-state index contributed by atoms with van der Waals surface area (Å²) >= 11 is 0. The van der Waals surface area contributed by atoms with Crippen molar-refractivity contribution < 1.29 is 19.1 Å². The maximum atomic E-state index is 12.8. The standard InChI is InChI=1S/C19H21N3O4/c1-13-20-10-7-17(21-13)26-14-8-11-22(12-9-14)18(23)15-5-3-4-6-16(15)19(24)25-2/h3-7,10,14H,8-9,11-12H2,1-2H3. The fourth-order valence-corrected chi connectivity index (χ4v) is 2.98. The third-order valence-corrected chi connectivity index (χ3v) is 4.33. The molecule has 0 radical (unpaired) electrons. The molecule has 1 aromatic heterocycles. The van der Waals surface area contributed by atoms with Crippen LogP contribution >= 0.6 is 0 Å². The first kappa shape index (κ1) is 17.8. The summed E-state index contributed by atoms with van der Waals surface area (Å²) in [6.45, 7) is 2.93. The highest BCUT2D eigenvalue weighted by Crippen LogP contribution is 2.20. The van der Waals surface area contributed by atoms with Gasteiger partial charge in [-0.1, -0.05) is 12.1 Å². The van der Waals surface area contributed by atoms with E-state index in [4.69, 9.17) is 9.47 Å². The molecule has 136 valence electrons. The van der Waals surface area contributed by atoms with Crippen LogP contribution in [0.4, 0.5) is 0 Å². The highest BCUT2D eigenvalue weighted by molar-refractivity contribution is 6.05. The van der Waals surface area contributed by atoms with Gasteiger partial charge in [0, 0.05) is 38.2 Å². The Kier molecular flexibility index (Phi) is 5.46. The summed E-state index contributed by atoms with van der Waals surface area (Å²) in [6.07, 6.45) is 3.08. The number of hydrogen-bond donors (Lipinski definition) is 0. The normalized spacial score (nSPS) is 14.8. The predicted octanol–water partition coefficient (Wildman–Crippen LogP) is 2.26. The Bertz CT molecular complexity index is 801. The molecule has 2 heterocycles. The third-order valence-electron chi connectivity index (χ3n) is 4.33. The van der Waals surface area contributed by atoms with Crippen LogP contribution in [0.15, 0.2) is 36.5 Å². The van der Waals surface area contributed by atoms with Crippen molar-refractivity contribution in [2.45, 2.75) is 25.9 Å². The second-order valence-electron chi connectivity index (χ2n) is 6.09. The van der Waals surface area contributed by atoms with Crippen molar-refractivity contribution >= 4 is 11.9 Å². The molecule has 7 heteroatoms. The lowest BCUT2D eigenvalue weighted by Gasteiger charge is -2.32. The van der Waals surface area contributed by atoms with Gasteiger partial charge in [0.15, 0.2) is 0 Å². The molecule has 1 amide bonds. The lowest BCUT2D eigenvalue weighted by molar-refractivity contribution is 0.0552. The van der Waals surface area contributed by atoms with Crippen molar-refractivity contribution in [1.82, 2.24) is 14.9 Å². The zero-order chi connectivity index (χ0) is 18.5. The minimum absolute atomic E-state index is 0.00389. The van der Waals surface area contributed by atoms with Gasteiger partial charge in [-0.2, -0.15) is 4.98 Å². The molecular formula is C19H21N3O4. The van der Waals surface area contributed by atoms with Crippen molar-refractivity contribution in [2.75, 3.05) is 20.2 Å². The molecule has 0 atom stereocenters. The van der Waals surface area contributed by atoms with Crippen LogP contribution in [0.25, 0.3) is 0 Å². The zero-order valence-electron chi connectivity index (χ0n) is 14.8. The Morgan fingerprint density at radius 2 is 1.81 bits per heavy atom. The smallest absolute Gasteiger partial charge is 0.338 e. The van der Waals surface area contributed by atoms with E-state index in [1.807, 2.05) is 6.92 Å². The van der Waals surface area contributed by atoms with E-state index in [2.05, 4.69) is 9.97 Å². The number of aryl methyl sites for hydroxylation is 1. The number of carbonyl (C=O) groups is 2. The molecule has 1 aliphatic rings. The van der Waals surface area contributed by atoms with Crippen LogP contribution in [-0.4, -0.2) is 53.0 Å². The van der Waals surface area contributed by atoms with Crippen molar-refractivity contribution in [3.63, 3.8) is 0 Å². The van der Waals surface area contributed by atoms with Crippen molar-refractivity contribution in [1.29, 1.82) is 0 Å². The number of methoxy groups -OCH3 is 1. The van der Waals surface area contributed by atoms with Crippen LogP contribution in [0.1, 0.15) is 39.4 Å². The van der Waals surface area contributed by atoms with E-state index in [-0.39, 0.29) is 17.6 Å². The van der Waals surface area contributed by atoms with Gasteiger partial charge >= 0.3 is 5.97 Å². The number of likely N-dealkylation sites (tertiary alicyclic amines) is 1. The monoisotopic (exact) mass is 355 g/mol. The Morgan fingerprint density at radius 1 is 1.12 bits per heavy atom. The van der Waals surface area contributed by atoms with Gasteiger partial charge in [0.05, 0.1) is 18.2 Å². The largest absolute Gasteiger partial charge is 0.474 e. The summed E-state index contributed by atoms with van der Waals surface area (Å²) in [7, 11) is 1.31. The van der Waals surface area contributed by atoms with Crippen LogP contribution in [-0.2, 0) is 4.74 Å². The Balaban J connectivity index is 1.63. The van der Waals surface area contributed by atoms with Gasteiger partial charge < -0.3 is 14.4 Å². The summed E-state index contributed by atoms with van der Waals surface area (Å²) in [5.41, 5.74) is 0.653. The number of piperidine rings is 1. The number of nitrogens with zero attached hydrogens (tertiary/aromatic N) is 3. The molecule has 26 heavy (non-hydrogen) atoms. The third kappa shape index (κ3) is 3.99. The molecule has 0 spiro atoms. The van der Waals surface area contributed by atoms with Crippen LogP contribution in [0.2, 0.25) is 0 Å². The van der Waals surface area contributed by atoms with Gasteiger partial charge in [0.25, 0.3) is 5.91 Å². The first-order valence-corrected chi connectivity index (χ1v) is 8.51. The molecule has 3 rings (SSSR count). The van der Waals surface area contributed by atoms with Crippen LogP contribution in [0.3, 0.4) is 0 Å². The van der Waals surface area contributed by atoms with E-state index in [0.29, 0.717) is 43.2 Å². The number of carbonyl (C=O) groups excluding carboxylic acids is 2. The van der Waals surface area contributed by atoms with Gasteiger partial charge in [0.2, 0.25) is 5.88 Å². The van der Waals surface area contributed by atoms with E-state index in [9.17, 15) is 9.59 Å². The summed E-state index contributed by atoms with van der Waals surface area (Å²) in [4.78, 5) is 34.7. The quantitative estimate of drug-likeness (QED) is 0.783. The molecular weight excluding hydrogens is 334 g/mol. The molecule has 0 N–H and O–H groups in total. The van der Waals surface area contributed by atoms with E-state index >= 15 is 0 Å². The van der Waals surface area contributed by atoms with E-state index in [1.54, 1.807) is 41.4 Å². The number of aromatic nitrogens is 2. The number of rotatable bonds is 4. The SMILES string of the molecule is COC(=O)c1ccccc1C(=O)N1CCC(Oc2ccnc(C)n2)CC1. The maximum Gasteiger partial charge on any atom is 0.338 e. The maximum absolute atomic E-state index is 12.8. The molecule has 0 bridgehead atoms. The average Bonchev–Trinajstić information content (AvgIpc) is 2.67. The summed E-state index contributed by atoms with van der Waals surface area (Å²) in [6, 6.07) is 8.45. The minimum Gasteiger partial charge on any atom is -0.474 e. The lowest BCUT2D eigenvalue weighted by atomic mass is 10.0. The van der Waals surface area contributed by atoms with Crippen molar-refractivity contribution in [2.24, 2.45) is 0 Å². The molecule has 1 aliphatic heterocycles. The first-order valence-electron chi connectivity index (χ1n) is 8.51. The highest BCUT2D eigenvalue weighted by Gasteiger charge is 2.27. The van der Waals surface area contributed by atoms with Gasteiger partial charge in [-0.15, -0.1) is 0 Å². The van der Waals surface area contributed by atoms with Gasteiger partial charge in [0.1, 0.15) is 11.9 Å². The number of amides is 1. The Hall–Kier alpha value is -2.96. The zero-order valence-corrected chi connectivity index (χ0v) is 14.8. The van der Waals surface area contributed by atoms with E-state index in [0.717, 1.165) is 0 Å². The molecule has 0 unspecified atom stereocenters. The minimum atomic E-state index is -0.508. The second-order valence-corrected chi connectivity index (χ2v) is 6.09. The average molecular weight is 355 g/mol. The lowest BCUT2D eigenvalue weighted by Crippen LogP contribution is -2.42. The molecule has 1 saturated heterocycles. The fourth-order valence-electron chi connectivity index (χ4n) is 2.98. The van der Waals surface area contributed by atoms with Gasteiger partial charge in [-0.25, -0.2) is 9.78 Å². The number of benzene rings is 1. The summed E-state index contributed by atoms with van der Waals surface area (Å²) < 4.78 is 10.7. The van der Waals surface area contributed by atoms with Crippen LogP contribution < -0.4 is 4.74 Å². The fraction of sp³-hybridized carbons (Fsp3) is 0.368. The van der Waals surface area contributed by atoms with Crippen molar-refractivity contribution in [3.8, 4) is 5.88 Å². The molecule has 7 nitrogen and oxygen atoms in total.